The highest BCUT2D eigenvalue weighted by Crippen LogP contribution is 2.26. The topological polar surface area (TPSA) is 50.8 Å². The number of alkyl halides is 3. The van der Waals surface area contributed by atoms with Gasteiger partial charge >= 0.3 is 12.3 Å². The molecule has 1 saturated heterocycles. The molecule has 0 radical (unpaired) electrons. The Morgan fingerprint density at radius 2 is 2.10 bits per heavy atom. The van der Waals surface area contributed by atoms with Gasteiger partial charge in [-0.3, -0.25) is 10.2 Å². The molecule has 1 aliphatic heterocycles. The average Bonchev–Trinajstić information content (AvgIpc) is 3.16. The molecule has 2 aromatic rings. The molecule has 2 atom stereocenters. The van der Waals surface area contributed by atoms with Crippen LogP contribution in [0.25, 0.3) is 0 Å². The molecule has 2 heterocycles. The number of halogens is 4. The Labute approximate surface area is 175 Å². The van der Waals surface area contributed by atoms with Gasteiger partial charge in [-0.05, 0) is 35.7 Å². The molecule has 1 N–H and O–H groups in total. The fraction of sp³-hybridized carbons (Fsp3) is 0.421. The van der Waals surface area contributed by atoms with Gasteiger partial charge in [0.2, 0.25) is 6.10 Å². The third-order valence-corrected chi connectivity index (χ3v) is 5.51. The van der Waals surface area contributed by atoms with Crippen LogP contribution in [0.5, 0.6) is 0 Å². The highest BCUT2D eigenvalue weighted by atomic mass is 35.5. The molecule has 29 heavy (non-hydrogen) atoms. The largest absolute Gasteiger partial charge is 0.435 e. The number of amides is 1. The van der Waals surface area contributed by atoms with Gasteiger partial charge in [0, 0.05) is 41.6 Å². The molecule has 158 valence electrons. The Morgan fingerprint density at radius 3 is 2.76 bits per heavy atom. The minimum atomic E-state index is -4.68. The van der Waals surface area contributed by atoms with Crippen LogP contribution in [0.4, 0.5) is 23.7 Å². The van der Waals surface area contributed by atoms with Crippen LogP contribution in [0.1, 0.15) is 4.88 Å². The van der Waals surface area contributed by atoms with Crippen molar-refractivity contribution < 1.29 is 27.4 Å². The second kappa shape index (κ2) is 9.80. The van der Waals surface area contributed by atoms with Crippen molar-refractivity contribution >= 4 is 34.7 Å². The maximum absolute atomic E-state index is 13.5. The van der Waals surface area contributed by atoms with Crippen molar-refractivity contribution in [3.05, 3.63) is 51.7 Å². The van der Waals surface area contributed by atoms with Crippen LogP contribution in [0.2, 0.25) is 5.02 Å². The van der Waals surface area contributed by atoms with Crippen molar-refractivity contribution in [3.63, 3.8) is 0 Å². The summed E-state index contributed by atoms with van der Waals surface area (Å²) in [5, 5.41) is 4.68. The molecule has 1 aromatic heterocycles. The van der Waals surface area contributed by atoms with Crippen LogP contribution in [-0.4, -0.2) is 55.6 Å². The number of thiophene rings is 1. The minimum absolute atomic E-state index is 0.195. The summed E-state index contributed by atoms with van der Waals surface area (Å²) in [5.74, 6) is 0. The van der Waals surface area contributed by atoms with E-state index in [1.807, 2.05) is 17.5 Å². The van der Waals surface area contributed by atoms with E-state index in [9.17, 15) is 18.0 Å². The van der Waals surface area contributed by atoms with Gasteiger partial charge in [-0.15, -0.1) is 11.3 Å². The Kier molecular flexibility index (Phi) is 7.39. The van der Waals surface area contributed by atoms with Gasteiger partial charge in [-0.2, -0.15) is 13.2 Å². The first kappa shape index (κ1) is 21.9. The molecule has 1 aromatic carbocycles. The van der Waals surface area contributed by atoms with Crippen LogP contribution >= 0.6 is 22.9 Å². The molecule has 1 aliphatic rings. The monoisotopic (exact) mass is 448 g/mol. The van der Waals surface area contributed by atoms with Gasteiger partial charge in [0.1, 0.15) is 0 Å². The van der Waals surface area contributed by atoms with E-state index in [1.165, 1.54) is 24.3 Å². The molecule has 1 fully saturated rings. The Hall–Kier alpha value is -1.81. The van der Waals surface area contributed by atoms with Crippen molar-refractivity contribution in [3.8, 4) is 0 Å². The molecular formula is C19H20ClF3N2O3S. The SMILES string of the molecule is O=C(Nc1ccc(Cl)cc1)O[C@@H](CN1CCO[C@H](Cc2cccs2)C1)C(F)(F)F. The summed E-state index contributed by atoms with van der Waals surface area (Å²) in [6, 6.07) is 9.87. The maximum Gasteiger partial charge on any atom is 0.426 e. The Bertz CT molecular complexity index is 787. The van der Waals surface area contributed by atoms with Gasteiger partial charge in [0.25, 0.3) is 0 Å². The first-order valence-corrected chi connectivity index (χ1v) is 10.2. The number of hydrogen-bond acceptors (Lipinski definition) is 5. The van der Waals surface area contributed by atoms with Crippen molar-refractivity contribution in [2.24, 2.45) is 0 Å². The van der Waals surface area contributed by atoms with Gasteiger partial charge in [-0.1, -0.05) is 17.7 Å². The summed E-state index contributed by atoms with van der Waals surface area (Å²) in [5.41, 5.74) is 0.294. The summed E-state index contributed by atoms with van der Waals surface area (Å²) in [6.45, 7) is 0.571. The molecule has 0 aliphatic carbocycles. The number of anilines is 1. The molecule has 0 spiro atoms. The van der Waals surface area contributed by atoms with Crippen molar-refractivity contribution in [2.45, 2.75) is 24.8 Å². The molecule has 10 heteroatoms. The third-order valence-electron chi connectivity index (χ3n) is 4.36. The quantitative estimate of drug-likeness (QED) is 0.688. The zero-order valence-corrected chi connectivity index (χ0v) is 16.9. The zero-order valence-electron chi connectivity index (χ0n) is 15.3. The summed E-state index contributed by atoms with van der Waals surface area (Å²) < 4.78 is 50.7. The summed E-state index contributed by atoms with van der Waals surface area (Å²) in [6.07, 6.45) is -7.64. The molecule has 5 nitrogen and oxygen atoms in total. The van der Waals surface area contributed by atoms with Gasteiger partial charge in [-0.25, -0.2) is 4.79 Å². The number of hydrogen-bond donors (Lipinski definition) is 1. The highest BCUT2D eigenvalue weighted by Gasteiger charge is 2.44. The number of nitrogens with zero attached hydrogens (tertiary/aromatic N) is 1. The van der Waals surface area contributed by atoms with E-state index in [0.717, 1.165) is 4.88 Å². The molecule has 0 unspecified atom stereocenters. The molecule has 0 bridgehead atoms. The lowest BCUT2D eigenvalue weighted by atomic mass is 10.1. The normalized spacial score (nSPS) is 19.0. The van der Waals surface area contributed by atoms with Gasteiger partial charge in [0.15, 0.2) is 0 Å². The van der Waals surface area contributed by atoms with E-state index in [0.29, 0.717) is 36.8 Å². The number of rotatable bonds is 6. The standard InChI is InChI=1S/C19H20ClF3N2O3S/c20-13-3-5-14(6-4-13)24-18(26)28-17(19(21,22)23)12-25-7-8-27-15(11-25)10-16-2-1-9-29-16/h1-6,9,15,17H,7-8,10-12H2,(H,24,26)/t15-,17+/m1/s1. The van der Waals surface area contributed by atoms with Crippen molar-refractivity contribution in [1.29, 1.82) is 0 Å². The second-order valence-corrected chi connectivity index (χ2v) is 8.07. The smallest absolute Gasteiger partial charge is 0.426 e. The number of morpholine rings is 1. The van der Waals surface area contributed by atoms with Crippen LogP contribution in [0, 0.1) is 0 Å². The van der Waals surface area contributed by atoms with E-state index < -0.39 is 24.9 Å². The average molecular weight is 449 g/mol. The third kappa shape index (κ3) is 6.88. The van der Waals surface area contributed by atoms with E-state index >= 15 is 0 Å². The predicted octanol–water partition coefficient (Wildman–Crippen LogP) is 4.82. The lowest BCUT2D eigenvalue weighted by molar-refractivity contribution is -0.209. The van der Waals surface area contributed by atoms with Crippen molar-refractivity contribution in [1.82, 2.24) is 4.90 Å². The van der Waals surface area contributed by atoms with E-state index in [4.69, 9.17) is 21.1 Å². The number of carbonyl (C=O) groups is 1. The van der Waals surface area contributed by atoms with Crippen molar-refractivity contribution in [2.75, 3.05) is 31.6 Å². The van der Waals surface area contributed by atoms with E-state index in [1.54, 1.807) is 16.2 Å². The number of nitrogens with one attached hydrogen (secondary N) is 1. The number of carbonyl (C=O) groups excluding carboxylic acids is 1. The van der Waals surface area contributed by atoms with Gasteiger partial charge < -0.3 is 9.47 Å². The lowest BCUT2D eigenvalue weighted by Crippen LogP contribution is -2.50. The maximum atomic E-state index is 13.5. The molecule has 1 amide bonds. The fourth-order valence-electron chi connectivity index (χ4n) is 2.97. The molecular weight excluding hydrogens is 429 g/mol. The molecule has 0 saturated carbocycles. The first-order valence-electron chi connectivity index (χ1n) is 8.96. The minimum Gasteiger partial charge on any atom is -0.435 e. The van der Waals surface area contributed by atoms with E-state index in [-0.39, 0.29) is 6.10 Å². The summed E-state index contributed by atoms with van der Waals surface area (Å²) >= 11 is 7.33. The van der Waals surface area contributed by atoms with Crippen LogP contribution in [-0.2, 0) is 15.9 Å². The Morgan fingerprint density at radius 1 is 1.34 bits per heavy atom. The summed E-state index contributed by atoms with van der Waals surface area (Å²) in [4.78, 5) is 14.7. The number of ether oxygens (including phenoxy) is 2. The zero-order chi connectivity index (χ0) is 20.9. The predicted molar refractivity (Wildman–Crippen MR) is 106 cm³/mol. The molecule has 3 rings (SSSR count). The van der Waals surface area contributed by atoms with Crippen LogP contribution < -0.4 is 5.32 Å². The van der Waals surface area contributed by atoms with Crippen LogP contribution in [0.15, 0.2) is 41.8 Å². The Balaban J connectivity index is 1.56. The second-order valence-electron chi connectivity index (χ2n) is 6.60. The van der Waals surface area contributed by atoms with E-state index in [2.05, 4.69) is 5.32 Å². The highest BCUT2D eigenvalue weighted by molar-refractivity contribution is 7.09. The fourth-order valence-corrected chi connectivity index (χ4v) is 3.87. The van der Waals surface area contributed by atoms with Gasteiger partial charge in [0.05, 0.1) is 12.7 Å². The number of benzene rings is 1. The lowest BCUT2D eigenvalue weighted by Gasteiger charge is -2.35. The van der Waals surface area contributed by atoms with Crippen LogP contribution in [0.3, 0.4) is 0 Å². The summed E-state index contributed by atoms with van der Waals surface area (Å²) in [7, 11) is 0. The first-order chi connectivity index (χ1) is 13.8.